The molecule has 1 aliphatic rings. The maximum atomic E-state index is 12.6. The zero-order valence-corrected chi connectivity index (χ0v) is 17.1. The van der Waals surface area contributed by atoms with E-state index in [-0.39, 0.29) is 30.5 Å². The molecule has 7 heteroatoms. The van der Waals surface area contributed by atoms with Gasteiger partial charge in [-0.25, -0.2) is 4.68 Å². The molecule has 29 heavy (non-hydrogen) atoms. The van der Waals surface area contributed by atoms with E-state index >= 15 is 0 Å². The quantitative estimate of drug-likeness (QED) is 0.676. The summed E-state index contributed by atoms with van der Waals surface area (Å²) in [4.78, 5) is 12.6. The van der Waals surface area contributed by atoms with E-state index < -0.39 is 0 Å². The van der Waals surface area contributed by atoms with Gasteiger partial charge in [-0.2, -0.15) is 5.10 Å². The summed E-state index contributed by atoms with van der Waals surface area (Å²) in [6.45, 7) is 3.64. The van der Waals surface area contributed by atoms with Crippen molar-refractivity contribution in [2.75, 3.05) is 13.2 Å². The Labute approximate surface area is 176 Å². The second-order valence-electron chi connectivity index (χ2n) is 6.87. The normalized spacial score (nSPS) is 18.7. The van der Waals surface area contributed by atoms with Gasteiger partial charge in [-0.05, 0) is 19.1 Å². The molecule has 2 aromatic carbocycles. The van der Waals surface area contributed by atoms with E-state index in [9.17, 15) is 4.79 Å². The van der Waals surface area contributed by atoms with Gasteiger partial charge in [0.05, 0.1) is 24.1 Å². The minimum absolute atomic E-state index is 0. The van der Waals surface area contributed by atoms with Crippen molar-refractivity contribution in [3.05, 3.63) is 72.4 Å². The molecular formula is C22H25ClN4O2. The van der Waals surface area contributed by atoms with E-state index in [0.717, 1.165) is 22.5 Å². The summed E-state index contributed by atoms with van der Waals surface area (Å²) in [5.74, 6) is -0.0568. The first-order valence-corrected chi connectivity index (χ1v) is 9.54. The van der Waals surface area contributed by atoms with Crippen LogP contribution in [-0.2, 0) is 16.1 Å². The molecule has 0 bridgehead atoms. The number of morpholine rings is 1. The molecule has 1 aliphatic heterocycles. The average molecular weight is 413 g/mol. The molecule has 2 N–H and O–H groups in total. The predicted octanol–water partition coefficient (Wildman–Crippen LogP) is 2.95. The third kappa shape index (κ3) is 4.85. The van der Waals surface area contributed by atoms with E-state index in [0.29, 0.717) is 19.7 Å². The molecular weight excluding hydrogens is 388 g/mol. The zero-order valence-electron chi connectivity index (χ0n) is 16.2. The monoisotopic (exact) mass is 412 g/mol. The number of nitrogens with one attached hydrogen (secondary N) is 2. The van der Waals surface area contributed by atoms with Gasteiger partial charge >= 0.3 is 0 Å². The molecule has 2 atom stereocenters. The van der Waals surface area contributed by atoms with Crippen molar-refractivity contribution in [2.45, 2.75) is 25.6 Å². The molecule has 1 saturated heterocycles. The first kappa shape index (κ1) is 21.0. The minimum Gasteiger partial charge on any atom is -0.375 e. The van der Waals surface area contributed by atoms with Gasteiger partial charge in [0.1, 0.15) is 6.04 Å². The van der Waals surface area contributed by atoms with Crippen LogP contribution in [0, 0.1) is 0 Å². The lowest BCUT2D eigenvalue weighted by Gasteiger charge is -2.29. The van der Waals surface area contributed by atoms with Gasteiger partial charge < -0.3 is 15.4 Å². The molecule has 2 heterocycles. The minimum atomic E-state index is -0.335. The summed E-state index contributed by atoms with van der Waals surface area (Å²) in [5, 5.41) is 11.0. The number of para-hydroxylation sites is 1. The van der Waals surface area contributed by atoms with Gasteiger partial charge in [0.2, 0.25) is 5.91 Å². The molecule has 1 fully saturated rings. The second-order valence-corrected chi connectivity index (χ2v) is 6.87. The second kappa shape index (κ2) is 9.69. The standard InChI is InChI=1S/C22H24N4O2.ClH/c1-16-20(23-12-13-28-16)22(27)24-14-18-15-26(19-10-6-3-7-11-19)25-21(18)17-8-4-2-5-9-17;/h2-11,15-16,20,23H,12-14H2,1H3,(H,24,27);1H/t16-,20+;/m1./s1. The first-order valence-electron chi connectivity index (χ1n) is 9.54. The third-order valence-corrected chi connectivity index (χ3v) is 4.91. The lowest BCUT2D eigenvalue weighted by molar-refractivity contribution is -0.129. The molecule has 0 saturated carbocycles. The van der Waals surface area contributed by atoms with Gasteiger partial charge in [0, 0.05) is 30.4 Å². The van der Waals surface area contributed by atoms with Crippen LogP contribution in [0.5, 0.6) is 0 Å². The maximum Gasteiger partial charge on any atom is 0.240 e. The summed E-state index contributed by atoms with van der Waals surface area (Å²) < 4.78 is 7.43. The fourth-order valence-electron chi connectivity index (χ4n) is 3.41. The van der Waals surface area contributed by atoms with Crippen LogP contribution in [0.2, 0.25) is 0 Å². The van der Waals surface area contributed by atoms with Gasteiger partial charge in [-0.3, -0.25) is 4.79 Å². The SMILES string of the molecule is C[C@H]1OCCN[C@@H]1C(=O)NCc1cn(-c2ccccc2)nc1-c1ccccc1.Cl. The lowest BCUT2D eigenvalue weighted by Crippen LogP contribution is -2.55. The van der Waals surface area contributed by atoms with E-state index in [1.165, 1.54) is 0 Å². The van der Waals surface area contributed by atoms with E-state index in [2.05, 4.69) is 10.6 Å². The number of ether oxygens (including phenoxy) is 1. The number of hydrogen-bond donors (Lipinski definition) is 2. The predicted molar refractivity (Wildman–Crippen MR) is 115 cm³/mol. The van der Waals surface area contributed by atoms with Gasteiger partial charge in [-0.1, -0.05) is 48.5 Å². The Kier molecular flexibility index (Phi) is 7.04. The Balaban J connectivity index is 0.00000240. The molecule has 3 aromatic rings. The van der Waals surface area contributed by atoms with Crippen molar-refractivity contribution < 1.29 is 9.53 Å². The Morgan fingerprint density at radius 3 is 2.55 bits per heavy atom. The highest BCUT2D eigenvalue weighted by molar-refractivity contribution is 5.85. The first-order chi connectivity index (χ1) is 13.7. The molecule has 4 rings (SSSR count). The zero-order chi connectivity index (χ0) is 19.3. The maximum absolute atomic E-state index is 12.6. The number of halogens is 1. The van der Waals surface area contributed by atoms with E-state index in [4.69, 9.17) is 9.84 Å². The van der Waals surface area contributed by atoms with E-state index in [1.807, 2.05) is 78.5 Å². The highest BCUT2D eigenvalue weighted by atomic mass is 35.5. The van der Waals surface area contributed by atoms with E-state index in [1.54, 1.807) is 0 Å². The van der Waals surface area contributed by atoms with Gasteiger partial charge in [0.15, 0.2) is 0 Å². The highest BCUT2D eigenvalue weighted by Gasteiger charge is 2.28. The Hall–Kier alpha value is -2.67. The van der Waals surface area contributed by atoms with Crippen molar-refractivity contribution in [3.8, 4) is 16.9 Å². The molecule has 1 aromatic heterocycles. The van der Waals surface area contributed by atoms with Crippen LogP contribution in [-0.4, -0.2) is 41.0 Å². The highest BCUT2D eigenvalue weighted by Crippen LogP contribution is 2.23. The number of rotatable bonds is 5. The fourth-order valence-corrected chi connectivity index (χ4v) is 3.41. The summed E-state index contributed by atoms with van der Waals surface area (Å²) in [5.41, 5.74) is 3.83. The van der Waals surface area contributed by atoms with Crippen molar-refractivity contribution in [1.29, 1.82) is 0 Å². The lowest BCUT2D eigenvalue weighted by atomic mass is 10.1. The average Bonchev–Trinajstić information content (AvgIpc) is 3.18. The summed E-state index contributed by atoms with van der Waals surface area (Å²) in [6.07, 6.45) is 1.83. The number of carbonyl (C=O) groups excluding carboxylic acids is 1. The van der Waals surface area contributed by atoms with Crippen LogP contribution in [0.25, 0.3) is 16.9 Å². The third-order valence-electron chi connectivity index (χ3n) is 4.91. The fraction of sp³-hybridized carbons (Fsp3) is 0.273. The number of amides is 1. The number of nitrogens with zero attached hydrogens (tertiary/aromatic N) is 2. The number of benzene rings is 2. The molecule has 152 valence electrons. The topological polar surface area (TPSA) is 68.2 Å². The number of carbonyl (C=O) groups is 1. The summed E-state index contributed by atoms with van der Waals surface area (Å²) in [6, 6.07) is 19.6. The van der Waals surface area contributed by atoms with Gasteiger partial charge in [0.25, 0.3) is 0 Å². The largest absolute Gasteiger partial charge is 0.375 e. The Morgan fingerprint density at radius 1 is 1.17 bits per heavy atom. The van der Waals surface area contributed by atoms with Crippen molar-refractivity contribution in [3.63, 3.8) is 0 Å². The van der Waals surface area contributed by atoms with Crippen LogP contribution in [0.1, 0.15) is 12.5 Å². The van der Waals surface area contributed by atoms with Crippen LogP contribution in [0.15, 0.2) is 66.9 Å². The molecule has 0 aliphatic carbocycles. The van der Waals surface area contributed by atoms with Crippen LogP contribution in [0.3, 0.4) is 0 Å². The van der Waals surface area contributed by atoms with Gasteiger partial charge in [-0.15, -0.1) is 12.4 Å². The number of aromatic nitrogens is 2. The van der Waals surface area contributed by atoms with Crippen LogP contribution < -0.4 is 10.6 Å². The molecule has 0 unspecified atom stereocenters. The van der Waals surface area contributed by atoms with Crippen LogP contribution in [0.4, 0.5) is 0 Å². The molecule has 0 radical (unpaired) electrons. The Bertz CT molecular complexity index is 931. The van der Waals surface area contributed by atoms with Crippen molar-refractivity contribution in [2.24, 2.45) is 0 Å². The molecule has 1 amide bonds. The summed E-state index contributed by atoms with van der Waals surface area (Å²) >= 11 is 0. The van der Waals surface area contributed by atoms with Crippen molar-refractivity contribution in [1.82, 2.24) is 20.4 Å². The molecule has 0 spiro atoms. The van der Waals surface area contributed by atoms with Crippen molar-refractivity contribution >= 4 is 18.3 Å². The smallest absolute Gasteiger partial charge is 0.240 e. The molecule has 6 nitrogen and oxygen atoms in total. The Morgan fingerprint density at radius 2 is 1.86 bits per heavy atom. The van der Waals surface area contributed by atoms with Crippen LogP contribution >= 0.6 is 12.4 Å². The summed E-state index contributed by atoms with van der Waals surface area (Å²) in [7, 11) is 0. The number of hydrogen-bond acceptors (Lipinski definition) is 4.